The van der Waals surface area contributed by atoms with Crippen LogP contribution < -0.4 is 10.2 Å². The third kappa shape index (κ3) is 4.48. The smallest absolute Gasteiger partial charge is 0.151 e. The number of Topliss-reactive ketones (excluding diaryl/α,β-unsaturated/α-hetero) is 1. The van der Waals surface area contributed by atoms with Gasteiger partial charge in [-0.1, -0.05) is 19.9 Å². The zero-order valence-electron chi connectivity index (χ0n) is 17.6. The van der Waals surface area contributed by atoms with Gasteiger partial charge >= 0.3 is 0 Å². The molecule has 0 radical (unpaired) electrons. The molecule has 2 bridgehead atoms. The van der Waals surface area contributed by atoms with E-state index in [1.54, 1.807) is 12.1 Å². The summed E-state index contributed by atoms with van der Waals surface area (Å²) in [5.41, 5.74) is 1.80. The van der Waals surface area contributed by atoms with Crippen molar-refractivity contribution in [3.05, 3.63) is 29.6 Å². The van der Waals surface area contributed by atoms with E-state index in [2.05, 4.69) is 30.1 Å². The van der Waals surface area contributed by atoms with Crippen molar-refractivity contribution in [2.45, 2.75) is 70.9 Å². The van der Waals surface area contributed by atoms with Gasteiger partial charge < -0.3 is 10.2 Å². The zero-order valence-corrected chi connectivity index (χ0v) is 17.6. The number of carbonyl (C=O) groups is 1. The molecule has 1 aromatic rings. The summed E-state index contributed by atoms with van der Waals surface area (Å²) in [6.45, 7) is 6.45. The van der Waals surface area contributed by atoms with Crippen molar-refractivity contribution in [2.24, 2.45) is 17.3 Å². The van der Waals surface area contributed by atoms with Gasteiger partial charge in [-0.2, -0.15) is 5.26 Å². The van der Waals surface area contributed by atoms with E-state index in [9.17, 15) is 14.4 Å². The normalized spacial score (nSPS) is 28.9. The van der Waals surface area contributed by atoms with Gasteiger partial charge in [-0.15, -0.1) is 0 Å². The fourth-order valence-corrected chi connectivity index (χ4v) is 5.28. The number of nitrogens with one attached hydrogen (secondary N) is 1. The minimum atomic E-state index is -0.473. The number of nitrogens with zero attached hydrogens (tertiary/aromatic N) is 2. The van der Waals surface area contributed by atoms with Crippen LogP contribution in [0.5, 0.6) is 0 Å². The van der Waals surface area contributed by atoms with Gasteiger partial charge in [0.25, 0.3) is 0 Å². The van der Waals surface area contributed by atoms with Crippen LogP contribution >= 0.6 is 0 Å². The Kier molecular flexibility index (Phi) is 5.66. The van der Waals surface area contributed by atoms with E-state index in [0.717, 1.165) is 50.9 Å². The molecular weight excluding hydrogens is 365 g/mol. The van der Waals surface area contributed by atoms with Gasteiger partial charge in [-0.05, 0) is 67.6 Å². The summed E-state index contributed by atoms with van der Waals surface area (Å²) in [4.78, 5) is 14.9. The van der Waals surface area contributed by atoms with E-state index in [1.807, 2.05) is 6.07 Å². The second-order valence-electron chi connectivity index (χ2n) is 10.0. The molecule has 2 saturated heterocycles. The molecule has 3 aliphatic rings. The first kappa shape index (κ1) is 20.3. The van der Waals surface area contributed by atoms with Crippen LogP contribution in [0.1, 0.15) is 57.9 Å². The largest absolute Gasteiger partial charge is 0.371 e. The topological polar surface area (TPSA) is 56.1 Å². The summed E-state index contributed by atoms with van der Waals surface area (Å²) in [6.07, 6.45) is 6.05. The number of hydrogen-bond donors (Lipinski definition) is 1. The van der Waals surface area contributed by atoms with Crippen molar-refractivity contribution in [3.63, 3.8) is 0 Å². The predicted octanol–water partition coefficient (Wildman–Crippen LogP) is 4.23. The first-order valence-electron chi connectivity index (χ1n) is 11.1. The summed E-state index contributed by atoms with van der Waals surface area (Å²) in [5, 5.41) is 13.0. The molecule has 1 aromatic carbocycles. The Morgan fingerprint density at radius 1 is 1.34 bits per heavy atom. The molecule has 0 unspecified atom stereocenters. The fourth-order valence-electron chi connectivity index (χ4n) is 5.28. The van der Waals surface area contributed by atoms with Crippen LogP contribution in [-0.2, 0) is 11.2 Å². The lowest BCUT2D eigenvalue weighted by Gasteiger charge is -2.38. The van der Waals surface area contributed by atoms with E-state index in [0.29, 0.717) is 29.4 Å². The molecule has 1 saturated carbocycles. The molecule has 2 aliphatic heterocycles. The first-order chi connectivity index (χ1) is 13.8. The van der Waals surface area contributed by atoms with Gasteiger partial charge in [0.1, 0.15) is 5.82 Å². The molecular formula is C24H32FN3O. The lowest BCUT2D eigenvalue weighted by Crippen LogP contribution is -2.42. The molecule has 0 aromatic heterocycles. The number of anilines is 1. The number of carbonyl (C=O) groups excluding carboxylic acids is 1. The number of rotatable bonds is 6. The summed E-state index contributed by atoms with van der Waals surface area (Å²) >= 11 is 0. The van der Waals surface area contributed by atoms with Crippen molar-refractivity contribution >= 4 is 11.5 Å². The number of nitriles is 1. The van der Waals surface area contributed by atoms with Gasteiger partial charge in [0, 0.05) is 31.2 Å². The molecule has 0 spiro atoms. The van der Waals surface area contributed by atoms with E-state index in [1.165, 1.54) is 0 Å². The van der Waals surface area contributed by atoms with Crippen LogP contribution in [0, 0.1) is 34.4 Å². The number of benzene rings is 1. The van der Waals surface area contributed by atoms with Gasteiger partial charge in [0.2, 0.25) is 0 Å². The van der Waals surface area contributed by atoms with Crippen molar-refractivity contribution in [3.8, 4) is 6.07 Å². The van der Waals surface area contributed by atoms with Gasteiger partial charge in [0.05, 0.1) is 18.0 Å². The lowest BCUT2D eigenvalue weighted by molar-refractivity contribution is -0.122. The molecule has 3 fully saturated rings. The number of fused-ring (bicyclic) bond motifs is 2. The van der Waals surface area contributed by atoms with Crippen LogP contribution in [0.2, 0.25) is 0 Å². The van der Waals surface area contributed by atoms with Crippen LogP contribution in [0.25, 0.3) is 0 Å². The molecule has 4 rings (SSSR count). The van der Waals surface area contributed by atoms with Crippen LogP contribution in [0.4, 0.5) is 10.1 Å². The lowest BCUT2D eigenvalue weighted by atomic mass is 9.82. The Labute approximate surface area is 173 Å². The Morgan fingerprint density at radius 3 is 2.69 bits per heavy atom. The van der Waals surface area contributed by atoms with E-state index < -0.39 is 5.92 Å². The quantitative estimate of drug-likeness (QED) is 0.780. The Hall–Kier alpha value is -1.93. The highest BCUT2D eigenvalue weighted by Crippen LogP contribution is 2.36. The minimum Gasteiger partial charge on any atom is -0.371 e. The highest BCUT2D eigenvalue weighted by molar-refractivity contribution is 5.85. The van der Waals surface area contributed by atoms with Crippen LogP contribution in [0.15, 0.2) is 18.2 Å². The maximum absolute atomic E-state index is 14.8. The minimum absolute atomic E-state index is 0.0971. The van der Waals surface area contributed by atoms with E-state index >= 15 is 0 Å². The molecule has 2 heterocycles. The van der Waals surface area contributed by atoms with Crippen LogP contribution in [-0.4, -0.2) is 31.0 Å². The van der Waals surface area contributed by atoms with Crippen molar-refractivity contribution in [1.29, 1.82) is 5.26 Å². The first-order valence-corrected chi connectivity index (χ1v) is 11.1. The maximum Gasteiger partial charge on any atom is 0.151 e. The Bertz CT molecular complexity index is 805. The van der Waals surface area contributed by atoms with Gasteiger partial charge in [-0.25, -0.2) is 4.39 Å². The van der Waals surface area contributed by atoms with E-state index in [-0.39, 0.29) is 24.1 Å². The number of piperidine rings is 2. The average Bonchev–Trinajstić information content (AvgIpc) is 3.32. The summed E-state index contributed by atoms with van der Waals surface area (Å²) in [7, 11) is 0. The second-order valence-corrected chi connectivity index (χ2v) is 10.0. The number of halogens is 1. The third-order valence-corrected chi connectivity index (χ3v) is 7.32. The number of ketones is 1. The van der Waals surface area contributed by atoms with Crippen molar-refractivity contribution in [2.75, 3.05) is 18.0 Å². The summed E-state index contributed by atoms with van der Waals surface area (Å²) < 4.78 is 14.8. The average molecular weight is 398 g/mol. The molecule has 4 nitrogen and oxygen atoms in total. The fraction of sp³-hybridized carbons (Fsp3) is 0.667. The summed E-state index contributed by atoms with van der Waals surface area (Å²) in [6, 6.07) is 7.97. The third-order valence-electron chi connectivity index (χ3n) is 7.32. The monoisotopic (exact) mass is 397 g/mol. The zero-order chi connectivity index (χ0) is 20.6. The Morgan fingerprint density at radius 2 is 2.10 bits per heavy atom. The SMILES string of the molecule is CC1(C)CCN(c2ccc(C[C@@H](C#N)CC(=O)[C@H]3N[C@@H]4CC[C@H]3C4)c(F)c2)CC1. The van der Waals surface area contributed by atoms with E-state index in [4.69, 9.17) is 0 Å². The standard InChI is InChI=1S/C24H32FN3O/c1-24(2)7-9-28(10-8-24)20-6-4-17(21(25)14-20)11-16(15-26)12-22(29)23-18-3-5-19(13-18)27-23/h4,6,14,16,18-19,23,27H,3,5,7-13H2,1-2H3/t16-,18+,19-,23+/m1/s1. The molecule has 5 heteroatoms. The predicted molar refractivity (Wildman–Crippen MR) is 112 cm³/mol. The second kappa shape index (κ2) is 8.07. The van der Waals surface area contributed by atoms with Crippen molar-refractivity contribution in [1.82, 2.24) is 5.32 Å². The molecule has 0 amide bonds. The highest BCUT2D eigenvalue weighted by atomic mass is 19.1. The molecule has 1 N–H and O–H groups in total. The molecule has 29 heavy (non-hydrogen) atoms. The molecule has 4 atom stereocenters. The van der Waals surface area contributed by atoms with Crippen molar-refractivity contribution < 1.29 is 9.18 Å². The summed E-state index contributed by atoms with van der Waals surface area (Å²) in [5.74, 6) is -0.188. The maximum atomic E-state index is 14.8. The Balaban J connectivity index is 1.36. The molecule has 1 aliphatic carbocycles. The van der Waals surface area contributed by atoms with Gasteiger partial charge in [0.15, 0.2) is 5.78 Å². The van der Waals surface area contributed by atoms with Crippen LogP contribution in [0.3, 0.4) is 0 Å². The van der Waals surface area contributed by atoms with Gasteiger partial charge in [-0.3, -0.25) is 4.79 Å². The number of hydrogen-bond acceptors (Lipinski definition) is 4. The molecule has 156 valence electrons. The highest BCUT2D eigenvalue weighted by Gasteiger charge is 2.42.